The Morgan fingerprint density at radius 2 is 2.04 bits per heavy atom. The summed E-state index contributed by atoms with van der Waals surface area (Å²) in [7, 11) is -3.63. The summed E-state index contributed by atoms with van der Waals surface area (Å²) in [6.45, 7) is 1.62. The molecule has 0 saturated heterocycles. The second kappa shape index (κ2) is 6.88. The van der Waals surface area contributed by atoms with E-state index in [1.54, 1.807) is 18.2 Å². The minimum atomic E-state index is -3.63. The van der Waals surface area contributed by atoms with Gasteiger partial charge in [0.2, 0.25) is 10.0 Å². The number of carbonyl (C=O) groups is 1. The van der Waals surface area contributed by atoms with Gasteiger partial charge in [-0.1, -0.05) is 12.1 Å². The third kappa shape index (κ3) is 4.00. The third-order valence-corrected chi connectivity index (χ3v) is 5.15. The Morgan fingerprint density at radius 1 is 1.30 bits per heavy atom. The first-order valence-electron chi connectivity index (χ1n) is 7.95. The van der Waals surface area contributed by atoms with Gasteiger partial charge in [-0.2, -0.15) is 0 Å². The van der Waals surface area contributed by atoms with Crippen LogP contribution >= 0.6 is 0 Å². The van der Waals surface area contributed by atoms with Gasteiger partial charge in [0.05, 0.1) is 23.4 Å². The van der Waals surface area contributed by atoms with Crippen molar-refractivity contribution in [3.05, 3.63) is 58.1 Å². The molecule has 0 aromatic heterocycles. The molecule has 1 aliphatic heterocycles. The van der Waals surface area contributed by atoms with Gasteiger partial charge in [0.15, 0.2) is 6.10 Å². The maximum atomic E-state index is 12.6. The Labute approximate surface area is 155 Å². The molecular formula is C17H17N3O6S. The van der Waals surface area contributed by atoms with Gasteiger partial charge in [-0.05, 0) is 30.7 Å². The van der Waals surface area contributed by atoms with E-state index in [1.807, 2.05) is 6.92 Å². The number of amides is 1. The molecule has 142 valence electrons. The van der Waals surface area contributed by atoms with Crippen molar-refractivity contribution in [1.29, 1.82) is 0 Å². The minimum Gasteiger partial charge on any atom is -0.476 e. The van der Waals surface area contributed by atoms with Crippen LogP contribution in [0.25, 0.3) is 0 Å². The van der Waals surface area contributed by atoms with Crippen molar-refractivity contribution in [3.8, 4) is 5.75 Å². The number of rotatable bonds is 4. The number of anilines is 2. The Balaban J connectivity index is 1.87. The smallest absolute Gasteiger partial charge is 0.271 e. The minimum absolute atomic E-state index is 0.170. The van der Waals surface area contributed by atoms with Gasteiger partial charge < -0.3 is 10.1 Å². The van der Waals surface area contributed by atoms with Gasteiger partial charge in [-0.25, -0.2) is 8.42 Å². The average molecular weight is 391 g/mol. The molecule has 1 aliphatic rings. The fourth-order valence-corrected chi connectivity index (χ4v) is 3.64. The number of nitrogens with one attached hydrogen (secondary N) is 1. The average Bonchev–Trinajstić information content (AvgIpc) is 2.60. The van der Waals surface area contributed by atoms with Crippen molar-refractivity contribution < 1.29 is 22.9 Å². The van der Waals surface area contributed by atoms with Crippen molar-refractivity contribution in [1.82, 2.24) is 0 Å². The van der Waals surface area contributed by atoms with Crippen LogP contribution in [0.15, 0.2) is 42.5 Å². The predicted octanol–water partition coefficient (Wildman–Crippen LogP) is 2.07. The van der Waals surface area contributed by atoms with Crippen LogP contribution < -0.4 is 14.4 Å². The Morgan fingerprint density at radius 3 is 2.70 bits per heavy atom. The highest BCUT2D eigenvalue weighted by Crippen LogP contribution is 2.36. The molecular weight excluding hydrogens is 374 g/mol. The molecule has 27 heavy (non-hydrogen) atoms. The lowest BCUT2D eigenvalue weighted by atomic mass is 10.1. The number of aryl methyl sites for hydroxylation is 1. The van der Waals surface area contributed by atoms with Crippen LogP contribution in [0.1, 0.15) is 5.56 Å². The van der Waals surface area contributed by atoms with Crippen molar-refractivity contribution >= 4 is 33.0 Å². The molecule has 0 bridgehead atoms. The van der Waals surface area contributed by atoms with Gasteiger partial charge in [0, 0.05) is 17.8 Å². The second-order valence-electron chi connectivity index (χ2n) is 6.17. The summed E-state index contributed by atoms with van der Waals surface area (Å²) in [5.74, 6) is -0.327. The lowest BCUT2D eigenvalue weighted by molar-refractivity contribution is -0.384. The molecule has 0 fully saturated rings. The number of nitro groups is 1. The van der Waals surface area contributed by atoms with Gasteiger partial charge >= 0.3 is 0 Å². The molecule has 10 heteroatoms. The fraction of sp³-hybridized carbons (Fsp3) is 0.235. The van der Waals surface area contributed by atoms with E-state index in [4.69, 9.17) is 4.74 Å². The summed E-state index contributed by atoms with van der Waals surface area (Å²) in [4.78, 5) is 22.9. The molecule has 2 aromatic carbocycles. The lowest BCUT2D eigenvalue weighted by Gasteiger charge is -2.34. The lowest BCUT2D eigenvalue weighted by Crippen LogP contribution is -2.48. The van der Waals surface area contributed by atoms with Gasteiger partial charge in [-0.15, -0.1) is 0 Å². The summed E-state index contributed by atoms with van der Waals surface area (Å²) in [5.41, 5.74) is 1.27. The number of carbonyl (C=O) groups excluding carboxylic acids is 1. The van der Waals surface area contributed by atoms with Crippen molar-refractivity contribution in [3.63, 3.8) is 0 Å². The molecule has 0 unspecified atom stereocenters. The second-order valence-corrected chi connectivity index (χ2v) is 8.08. The van der Waals surface area contributed by atoms with Crippen LogP contribution in [-0.2, 0) is 14.8 Å². The zero-order valence-electron chi connectivity index (χ0n) is 14.6. The van der Waals surface area contributed by atoms with Crippen LogP contribution in [0, 0.1) is 17.0 Å². The summed E-state index contributed by atoms with van der Waals surface area (Å²) >= 11 is 0. The van der Waals surface area contributed by atoms with Gasteiger partial charge in [0.1, 0.15) is 5.75 Å². The van der Waals surface area contributed by atoms with Crippen molar-refractivity contribution in [2.75, 3.05) is 22.4 Å². The summed E-state index contributed by atoms with van der Waals surface area (Å²) < 4.78 is 31.1. The number of hydrogen-bond acceptors (Lipinski definition) is 6. The largest absolute Gasteiger partial charge is 0.476 e. The molecule has 0 spiro atoms. The van der Waals surface area contributed by atoms with E-state index in [0.717, 1.165) is 16.1 Å². The number of sulfonamides is 1. The number of ether oxygens (including phenoxy) is 1. The number of non-ortho nitro benzene ring substituents is 1. The van der Waals surface area contributed by atoms with E-state index in [1.165, 1.54) is 24.3 Å². The molecule has 1 N–H and O–H groups in total. The van der Waals surface area contributed by atoms with Crippen LogP contribution in [0.4, 0.5) is 17.1 Å². The first-order valence-corrected chi connectivity index (χ1v) is 9.80. The van der Waals surface area contributed by atoms with E-state index < -0.39 is 27.0 Å². The Kier molecular flexibility index (Phi) is 4.75. The zero-order valence-corrected chi connectivity index (χ0v) is 15.4. The number of hydrogen-bond donors (Lipinski definition) is 1. The van der Waals surface area contributed by atoms with Gasteiger partial charge in [0.25, 0.3) is 11.6 Å². The molecule has 1 atom stereocenters. The quantitative estimate of drug-likeness (QED) is 0.629. The first kappa shape index (κ1) is 18.6. The Bertz CT molecular complexity index is 1020. The molecule has 1 amide bonds. The van der Waals surface area contributed by atoms with Crippen molar-refractivity contribution in [2.24, 2.45) is 0 Å². The van der Waals surface area contributed by atoms with Crippen molar-refractivity contribution in [2.45, 2.75) is 13.0 Å². The Hall–Kier alpha value is -3.14. The standard InChI is InChI=1S/C17H17N3O6S/c1-11-6-7-15-14(8-11)19(27(2,24)25)10-16(26-15)17(21)18-12-4-3-5-13(9-12)20(22)23/h3-9,16H,10H2,1-2H3,(H,18,21)/t16-/m0/s1. The molecule has 2 aromatic rings. The highest BCUT2D eigenvalue weighted by molar-refractivity contribution is 7.92. The number of nitrogens with zero attached hydrogens (tertiary/aromatic N) is 2. The van der Waals surface area contributed by atoms with Crippen LogP contribution in [0.3, 0.4) is 0 Å². The van der Waals surface area contributed by atoms with Crippen LogP contribution in [-0.4, -0.2) is 38.2 Å². The van der Waals surface area contributed by atoms with Crippen LogP contribution in [0.5, 0.6) is 5.75 Å². The fourth-order valence-electron chi connectivity index (χ4n) is 2.73. The van der Waals surface area contributed by atoms with E-state index >= 15 is 0 Å². The monoisotopic (exact) mass is 391 g/mol. The topological polar surface area (TPSA) is 119 Å². The molecule has 0 aliphatic carbocycles. The number of benzene rings is 2. The molecule has 3 rings (SSSR count). The highest BCUT2D eigenvalue weighted by atomic mass is 32.2. The van der Waals surface area contributed by atoms with E-state index in [9.17, 15) is 23.3 Å². The molecule has 0 saturated carbocycles. The van der Waals surface area contributed by atoms with E-state index in [-0.39, 0.29) is 23.7 Å². The number of nitro benzene ring substituents is 1. The zero-order chi connectivity index (χ0) is 19.8. The van der Waals surface area contributed by atoms with Gasteiger partial charge in [-0.3, -0.25) is 19.2 Å². The maximum Gasteiger partial charge on any atom is 0.271 e. The maximum absolute atomic E-state index is 12.6. The van der Waals surface area contributed by atoms with E-state index in [0.29, 0.717) is 5.69 Å². The first-order chi connectivity index (χ1) is 12.6. The number of fused-ring (bicyclic) bond motifs is 1. The van der Waals surface area contributed by atoms with E-state index in [2.05, 4.69) is 5.32 Å². The van der Waals surface area contributed by atoms with Crippen LogP contribution in [0.2, 0.25) is 0 Å². The summed E-state index contributed by atoms with van der Waals surface area (Å²) in [6.07, 6.45) is -0.0471. The predicted molar refractivity (Wildman–Crippen MR) is 99.5 cm³/mol. The molecule has 1 heterocycles. The highest BCUT2D eigenvalue weighted by Gasteiger charge is 2.35. The third-order valence-electron chi connectivity index (χ3n) is 4.00. The summed E-state index contributed by atoms with van der Waals surface area (Å²) in [5, 5.41) is 13.4. The molecule has 9 nitrogen and oxygen atoms in total. The SMILES string of the molecule is Cc1ccc2c(c1)N(S(C)(=O)=O)C[C@@H](C(=O)Nc1cccc([N+](=O)[O-])c1)O2. The summed E-state index contributed by atoms with van der Waals surface area (Å²) in [6, 6.07) is 10.5. The normalized spacial score (nSPS) is 16.2. The molecule has 0 radical (unpaired) electrons.